The molecule has 1 heterocycles. The van der Waals surface area contributed by atoms with E-state index in [1.807, 2.05) is 6.92 Å². The molecule has 116 valence electrons. The second-order valence-corrected chi connectivity index (χ2v) is 7.90. The molecule has 0 amide bonds. The van der Waals surface area contributed by atoms with Gasteiger partial charge >= 0.3 is 0 Å². The van der Waals surface area contributed by atoms with Gasteiger partial charge in [-0.15, -0.1) is 0 Å². The minimum Gasteiger partial charge on any atom is -0.342 e. The molecule has 0 aliphatic heterocycles. The number of benzene rings is 1. The molecule has 2 atom stereocenters. The molecule has 0 spiro atoms. The van der Waals surface area contributed by atoms with Crippen LogP contribution in [0.4, 0.5) is 0 Å². The lowest BCUT2D eigenvalue weighted by Crippen LogP contribution is -2.14. The van der Waals surface area contributed by atoms with E-state index in [1.54, 1.807) is 18.2 Å². The first kappa shape index (κ1) is 16.0. The molecule has 0 saturated carbocycles. The Morgan fingerprint density at radius 3 is 2.62 bits per heavy atom. The van der Waals surface area contributed by atoms with Crippen LogP contribution in [0.5, 0.6) is 0 Å². The van der Waals surface area contributed by atoms with Crippen LogP contribution in [0, 0.1) is 0 Å². The van der Waals surface area contributed by atoms with Gasteiger partial charge in [0, 0.05) is 18.2 Å². The molecule has 6 heteroatoms. The molecule has 0 aliphatic rings. The molecule has 1 aromatic heterocycles. The molecule has 0 fully saturated rings. The van der Waals surface area contributed by atoms with Gasteiger partial charge in [-0.25, -0.2) is 13.4 Å². The van der Waals surface area contributed by atoms with Crippen LogP contribution < -0.4 is 5.73 Å². The second-order valence-electron chi connectivity index (χ2n) is 5.88. The topological polar surface area (TPSA) is 88.8 Å². The molecule has 1 aromatic carbocycles. The van der Waals surface area contributed by atoms with E-state index < -0.39 is 9.84 Å². The average molecular weight is 309 g/mol. The van der Waals surface area contributed by atoms with Crippen molar-refractivity contribution in [2.24, 2.45) is 5.73 Å². The van der Waals surface area contributed by atoms with Crippen LogP contribution in [0.2, 0.25) is 0 Å². The van der Waals surface area contributed by atoms with Gasteiger partial charge in [0.2, 0.25) is 0 Å². The Kier molecular flexibility index (Phi) is 4.68. The highest BCUT2D eigenvalue weighted by Gasteiger charge is 2.13. The first-order chi connectivity index (χ1) is 9.77. The molecular formula is C15H23N3O2S. The van der Waals surface area contributed by atoms with E-state index in [-0.39, 0.29) is 6.04 Å². The predicted octanol–water partition coefficient (Wildman–Crippen LogP) is 2.59. The number of hydrogen-bond acceptors (Lipinski definition) is 4. The Balaban J connectivity index is 2.18. The summed E-state index contributed by atoms with van der Waals surface area (Å²) in [4.78, 5) is 8.11. The van der Waals surface area contributed by atoms with Gasteiger partial charge in [0.05, 0.1) is 15.9 Å². The molecule has 2 unspecified atom stereocenters. The first-order valence-corrected chi connectivity index (χ1v) is 9.12. The Bertz CT molecular complexity index is 720. The summed E-state index contributed by atoms with van der Waals surface area (Å²) >= 11 is 0. The van der Waals surface area contributed by atoms with Gasteiger partial charge in [-0.1, -0.05) is 13.3 Å². The number of sulfone groups is 1. The van der Waals surface area contributed by atoms with Crippen molar-refractivity contribution in [1.82, 2.24) is 9.97 Å². The maximum atomic E-state index is 11.6. The van der Waals surface area contributed by atoms with Crippen molar-refractivity contribution in [2.45, 2.75) is 50.0 Å². The van der Waals surface area contributed by atoms with Crippen LogP contribution in [0.1, 0.15) is 44.9 Å². The van der Waals surface area contributed by atoms with Gasteiger partial charge in [-0.2, -0.15) is 0 Å². The summed E-state index contributed by atoms with van der Waals surface area (Å²) < 4.78 is 23.2. The van der Waals surface area contributed by atoms with E-state index in [9.17, 15) is 8.42 Å². The number of nitrogens with two attached hydrogens (primary N) is 1. The first-order valence-electron chi connectivity index (χ1n) is 7.22. The third-order valence-electron chi connectivity index (χ3n) is 3.66. The van der Waals surface area contributed by atoms with Gasteiger partial charge in [-0.3, -0.25) is 0 Å². The van der Waals surface area contributed by atoms with E-state index in [4.69, 9.17) is 5.73 Å². The summed E-state index contributed by atoms with van der Waals surface area (Å²) in [5, 5.41) is 0. The van der Waals surface area contributed by atoms with Gasteiger partial charge in [-0.05, 0) is 38.0 Å². The maximum Gasteiger partial charge on any atom is 0.175 e. The SMILES string of the molecule is CC(N)CCCC(C)c1nc2ccc(S(C)(=O)=O)cc2[nH]1. The van der Waals surface area contributed by atoms with Crippen molar-refractivity contribution < 1.29 is 8.42 Å². The quantitative estimate of drug-likeness (QED) is 0.858. The summed E-state index contributed by atoms with van der Waals surface area (Å²) in [5.74, 6) is 1.21. The summed E-state index contributed by atoms with van der Waals surface area (Å²) in [5.41, 5.74) is 7.33. The number of rotatable bonds is 6. The zero-order valence-electron chi connectivity index (χ0n) is 12.8. The second kappa shape index (κ2) is 6.15. The maximum absolute atomic E-state index is 11.6. The lowest BCUT2D eigenvalue weighted by Gasteiger charge is -2.09. The van der Waals surface area contributed by atoms with Crippen molar-refractivity contribution in [1.29, 1.82) is 0 Å². The number of H-pyrrole nitrogens is 1. The van der Waals surface area contributed by atoms with E-state index in [2.05, 4.69) is 16.9 Å². The fourth-order valence-corrected chi connectivity index (χ4v) is 3.00. The molecule has 5 nitrogen and oxygen atoms in total. The molecule has 0 aliphatic carbocycles. The molecule has 3 N–H and O–H groups in total. The highest BCUT2D eigenvalue weighted by Crippen LogP contribution is 2.23. The Morgan fingerprint density at radius 1 is 1.29 bits per heavy atom. The highest BCUT2D eigenvalue weighted by atomic mass is 32.2. The van der Waals surface area contributed by atoms with Crippen LogP contribution in [-0.4, -0.2) is 30.7 Å². The zero-order chi connectivity index (χ0) is 15.6. The largest absolute Gasteiger partial charge is 0.342 e. The smallest absolute Gasteiger partial charge is 0.175 e. The summed E-state index contributed by atoms with van der Waals surface area (Å²) in [6.07, 6.45) is 4.29. The number of nitrogens with zero attached hydrogens (tertiary/aromatic N) is 1. The van der Waals surface area contributed by atoms with Gasteiger partial charge in [0.1, 0.15) is 5.82 Å². The third-order valence-corrected chi connectivity index (χ3v) is 4.77. The van der Waals surface area contributed by atoms with Gasteiger partial charge in [0.25, 0.3) is 0 Å². The molecule has 21 heavy (non-hydrogen) atoms. The minimum atomic E-state index is -3.19. The summed E-state index contributed by atoms with van der Waals surface area (Å²) in [7, 11) is -3.19. The third kappa shape index (κ3) is 4.04. The number of aromatic nitrogens is 2. The number of nitrogens with one attached hydrogen (secondary N) is 1. The molecular weight excluding hydrogens is 286 g/mol. The van der Waals surface area contributed by atoms with E-state index >= 15 is 0 Å². The predicted molar refractivity (Wildman–Crippen MR) is 85.1 cm³/mol. The Morgan fingerprint density at radius 2 is 2.00 bits per heavy atom. The van der Waals surface area contributed by atoms with E-state index in [1.165, 1.54) is 6.26 Å². The molecule has 2 rings (SSSR count). The Labute approximate surface area is 125 Å². The number of fused-ring (bicyclic) bond motifs is 1. The van der Waals surface area contributed by atoms with Crippen molar-refractivity contribution in [3.63, 3.8) is 0 Å². The summed E-state index contributed by atoms with van der Waals surface area (Å²) in [6.45, 7) is 4.13. The van der Waals surface area contributed by atoms with Crippen molar-refractivity contribution >= 4 is 20.9 Å². The van der Waals surface area contributed by atoms with Gasteiger partial charge in [0.15, 0.2) is 9.84 Å². The zero-order valence-corrected chi connectivity index (χ0v) is 13.6. The number of imidazole rings is 1. The van der Waals surface area contributed by atoms with Crippen LogP contribution >= 0.6 is 0 Å². The average Bonchev–Trinajstić information content (AvgIpc) is 2.79. The van der Waals surface area contributed by atoms with Crippen molar-refractivity contribution in [3.05, 3.63) is 24.0 Å². The summed E-state index contributed by atoms with van der Waals surface area (Å²) in [6, 6.07) is 5.23. The van der Waals surface area contributed by atoms with Gasteiger partial charge < -0.3 is 10.7 Å². The molecule has 0 bridgehead atoms. The Hall–Kier alpha value is -1.40. The monoisotopic (exact) mass is 309 g/mol. The molecule has 2 aromatic rings. The molecule has 0 radical (unpaired) electrons. The standard InChI is InChI=1S/C15H23N3O2S/c1-10(5-4-6-11(2)16)15-17-13-8-7-12(21(3,19)20)9-14(13)18-15/h7-11H,4-6,16H2,1-3H3,(H,17,18). The normalized spacial score (nSPS) is 15.2. The fraction of sp³-hybridized carbons (Fsp3) is 0.533. The lowest BCUT2D eigenvalue weighted by molar-refractivity contribution is 0.546. The van der Waals surface area contributed by atoms with Crippen molar-refractivity contribution in [2.75, 3.05) is 6.26 Å². The van der Waals surface area contributed by atoms with E-state index in [0.29, 0.717) is 10.8 Å². The lowest BCUT2D eigenvalue weighted by atomic mass is 10.0. The minimum absolute atomic E-state index is 0.227. The van der Waals surface area contributed by atoms with Crippen LogP contribution in [0.3, 0.4) is 0 Å². The van der Waals surface area contributed by atoms with Crippen LogP contribution in [0.25, 0.3) is 11.0 Å². The number of aromatic amines is 1. The number of hydrogen-bond donors (Lipinski definition) is 2. The van der Waals surface area contributed by atoms with Crippen molar-refractivity contribution in [3.8, 4) is 0 Å². The fourth-order valence-electron chi connectivity index (χ4n) is 2.36. The van der Waals surface area contributed by atoms with Crippen LogP contribution in [-0.2, 0) is 9.84 Å². The molecule has 0 saturated heterocycles. The van der Waals surface area contributed by atoms with Crippen LogP contribution in [0.15, 0.2) is 23.1 Å². The van der Waals surface area contributed by atoms with E-state index in [0.717, 1.165) is 36.1 Å². The highest BCUT2D eigenvalue weighted by molar-refractivity contribution is 7.90.